The summed E-state index contributed by atoms with van der Waals surface area (Å²) in [5.74, 6) is -0.360. The fourth-order valence-corrected chi connectivity index (χ4v) is 2.47. The maximum absolute atomic E-state index is 12.9. The van der Waals surface area contributed by atoms with Crippen LogP contribution in [-0.2, 0) is 0 Å². The lowest BCUT2D eigenvalue weighted by Gasteiger charge is -2.21. The molecule has 1 amide bonds. The van der Waals surface area contributed by atoms with Gasteiger partial charge in [-0.3, -0.25) is 4.79 Å². The molecule has 1 aromatic rings. The number of aliphatic hydroxyl groups excluding tert-OH is 1. The first-order valence-electron chi connectivity index (χ1n) is 7.09. The van der Waals surface area contributed by atoms with Crippen molar-refractivity contribution >= 4 is 5.91 Å². The normalized spacial score (nSPS) is 17.0. The van der Waals surface area contributed by atoms with E-state index in [0.29, 0.717) is 12.1 Å². The Kier molecular flexibility index (Phi) is 5.49. The van der Waals surface area contributed by atoms with Crippen molar-refractivity contribution in [3.8, 4) is 0 Å². The predicted molar refractivity (Wildman–Crippen MR) is 75.1 cm³/mol. The van der Waals surface area contributed by atoms with Crippen LogP contribution in [-0.4, -0.2) is 60.1 Å². The summed E-state index contributed by atoms with van der Waals surface area (Å²) in [6.45, 7) is 4.26. The Balaban J connectivity index is 1.92. The second-order valence-corrected chi connectivity index (χ2v) is 5.07. The van der Waals surface area contributed by atoms with Crippen molar-refractivity contribution in [3.05, 3.63) is 35.6 Å². The van der Waals surface area contributed by atoms with Gasteiger partial charge in [-0.25, -0.2) is 4.39 Å². The summed E-state index contributed by atoms with van der Waals surface area (Å²) in [6.07, 6.45) is 1.70. The number of carbonyl (C=O) groups excluding carboxylic acids is 1. The van der Waals surface area contributed by atoms with Crippen LogP contribution in [0.25, 0.3) is 0 Å². The smallest absolute Gasteiger partial charge is 0.253 e. The molecule has 1 aliphatic rings. The van der Waals surface area contributed by atoms with Crippen molar-refractivity contribution in [2.75, 3.05) is 39.3 Å². The van der Waals surface area contributed by atoms with E-state index in [1.807, 2.05) is 4.90 Å². The second-order valence-electron chi connectivity index (χ2n) is 5.07. The summed E-state index contributed by atoms with van der Waals surface area (Å²) in [4.78, 5) is 16.4. The van der Waals surface area contributed by atoms with Gasteiger partial charge >= 0.3 is 0 Å². The summed E-state index contributed by atoms with van der Waals surface area (Å²) < 4.78 is 12.9. The Morgan fingerprint density at radius 3 is 2.60 bits per heavy atom. The number of aliphatic hydroxyl groups is 1. The Morgan fingerprint density at radius 2 is 1.90 bits per heavy atom. The maximum Gasteiger partial charge on any atom is 0.253 e. The number of hydrogen-bond donors (Lipinski definition) is 1. The van der Waals surface area contributed by atoms with Crippen molar-refractivity contribution in [3.63, 3.8) is 0 Å². The first-order valence-corrected chi connectivity index (χ1v) is 7.09. The summed E-state index contributed by atoms with van der Waals surface area (Å²) in [6, 6.07) is 5.70. The molecule has 1 N–H and O–H groups in total. The third kappa shape index (κ3) is 4.02. The molecule has 1 fully saturated rings. The van der Waals surface area contributed by atoms with Gasteiger partial charge in [-0.15, -0.1) is 0 Å². The highest BCUT2D eigenvalue weighted by Crippen LogP contribution is 2.10. The molecular formula is C15H21FN2O2. The molecule has 5 heteroatoms. The monoisotopic (exact) mass is 280 g/mol. The lowest BCUT2D eigenvalue weighted by molar-refractivity contribution is 0.0761. The van der Waals surface area contributed by atoms with Crippen LogP contribution < -0.4 is 0 Å². The molecule has 0 radical (unpaired) electrons. The van der Waals surface area contributed by atoms with Gasteiger partial charge in [0.2, 0.25) is 0 Å². The van der Waals surface area contributed by atoms with E-state index in [1.54, 1.807) is 0 Å². The molecular weight excluding hydrogens is 259 g/mol. The minimum absolute atomic E-state index is 0.0333. The minimum Gasteiger partial charge on any atom is -0.396 e. The van der Waals surface area contributed by atoms with Crippen molar-refractivity contribution in [2.45, 2.75) is 12.8 Å². The average molecular weight is 280 g/mol. The molecule has 0 atom stereocenters. The van der Waals surface area contributed by atoms with E-state index >= 15 is 0 Å². The molecule has 0 saturated carbocycles. The molecule has 20 heavy (non-hydrogen) atoms. The fraction of sp³-hybridized carbons (Fsp3) is 0.533. The average Bonchev–Trinajstić information content (AvgIpc) is 2.70. The number of rotatable bonds is 4. The Bertz CT molecular complexity index is 436. The van der Waals surface area contributed by atoms with E-state index < -0.39 is 0 Å². The Morgan fingerprint density at radius 1 is 1.15 bits per heavy atom. The molecule has 0 aliphatic carbocycles. The van der Waals surface area contributed by atoms with Gasteiger partial charge in [0.25, 0.3) is 5.91 Å². The highest BCUT2D eigenvalue weighted by Gasteiger charge is 2.19. The van der Waals surface area contributed by atoms with E-state index in [4.69, 9.17) is 5.11 Å². The van der Waals surface area contributed by atoms with Crippen LogP contribution in [0.15, 0.2) is 24.3 Å². The minimum atomic E-state index is -0.326. The van der Waals surface area contributed by atoms with E-state index in [0.717, 1.165) is 39.0 Å². The number of nitrogens with zero attached hydrogens (tertiary/aromatic N) is 2. The van der Waals surface area contributed by atoms with E-state index in [-0.39, 0.29) is 18.3 Å². The zero-order valence-corrected chi connectivity index (χ0v) is 11.6. The maximum atomic E-state index is 12.9. The highest BCUT2D eigenvalue weighted by molar-refractivity contribution is 5.94. The number of benzene rings is 1. The van der Waals surface area contributed by atoms with Crippen LogP contribution >= 0.6 is 0 Å². The van der Waals surface area contributed by atoms with Crippen LogP contribution in [0.5, 0.6) is 0 Å². The Hall–Kier alpha value is -1.46. The molecule has 1 aliphatic heterocycles. The van der Waals surface area contributed by atoms with Crippen LogP contribution in [0, 0.1) is 5.82 Å². The lowest BCUT2D eigenvalue weighted by Crippen LogP contribution is -2.35. The quantitative estimate of drug-likeness (QED) is 0.905. The number of amides is 1. The SMILES string of the molecule is O=C(c1ccc(F)cc1)N1CCCN(CCCO)CC1. The first kappa shape index (κ1) is 14.9. The lowest BCUT2D eigenvalue weighted by atomic mass is 10.2. The van der Waals surface area contributed by atoms with Gasteiger partial charge in [0.15, 0.2) is 0 Å². The van der Waals surface area contributed by atoms with Crippen LogP contribution in [0.2, 0.25) is 0 Å². The van der Waals surface area contributed by atoms with E-state index in [9.17, 15) is 9.18 Å². The third-order valence-electron chi connectivity index (χ3n) is 3.60. The van der Waals surface area contributed by atoms with Crippen molar-refractivity contribution in [1.29, 1.82) is 0 Å². The van der Waals surface area contributed by atoms with Gasteiger partial charge in [0.1, 0.15) is 5.82 Å². The highest BCUT2D eigenvalue weighted by atomic mass is 19.1. The molecule has 4 nitrogen and oxygen atoms in total. The molecule has 110 valence electrons. The number of hydrogen-bond acceptors (Lipinski definition) is 3. The molecule has 2 rings (SSSR count). The van der Waals surface area contributed by atoms with Gasteiger partial charge in [0.05, 0.1) is 0 Å². The van der Waals surface area contributed by atoms with Crippen molar-refractivity contribution in [1.82, 2.24) is 9.80 Å². The van der Waals surface area contributed by atoms with Crippen molar-refractivity contribution in [2.24, 2.45) is 0 Å². The fourth-order valence-electron chi connectivity index (χ4n) is 2.47. The topological polar surface area (TPSA) is 43.8 Å². The number of carbonyl (C=O) groups is 1. The zero-order chi connectivity index (χ0) is 14.4. The third-order valence-corrected chi connectivity index (χ3v) is 3.60. The van der Waals surface area contributed by atoms with Gasteiger partial charge in [0, 0.05) is 38.3 Å². The van der Waals surface area contributed by atoms with Crippen LogP contribution in [0.3, 0.4) is 0 Å². The van der Waals surface area contributed by atoms with E-state index in [1.165, 1.54) is 24.3 Å². The summed E-state index contributed by atoms with van der Waals surface area (Å²) in [5, 5.41) is 8.86. The zero-order valence-electron chi connectivity index (χ0n) is 11.6. The van der Waals surface area contributed by atoms with E-state index in [2.05, 4.69) is 4.90 Å². The van der Waals surface area contributed by atoms with Gasteiger partial charge < -0.3 is 14.9 Å². The molecule has 0 unspecified atom stereocenters. The summed E-state index contributed by atoms with van der Waals surface area (Å²) in [5.41, 5.74) is 0.537. The van der Waals surface area contributed by atoms with Crippen LogP contribution in [0.4, 0.5) is 4.39 Å². The molecule has 1 saturated heterocycles. The molecule has 0 aromatic heterocycles. The first-order chi connectivity index (χ1) is 9.70. The standard InChI is InChI=1S/C15H21FN2O2/c16-14-5-3-13(4-6-14)15(20)18-9-1-7-17(10-11-18)8-2-12-19/h3-6,19H,1-2,7-12H2. The second kappa shape index (κ2) is 7.36. The molecule has 0 spiro atoms. The summed E-state index contributed by atoms with van der Waals surface area (Å²) >= 11 is 0. The van der Waals surface area contributed by atoms with Gasteiger partial charge in [-0.1, -0.05) is 0 Å². The van der Waals surface area contributed by atoms with Gasteiger partial charge in [-0.05, 0) is 43.7 Å². The molecule has 0 bridgehead atoms. The molecule has 1 aromatic carbocycles. The Labute approximate surface area is 118 Å². The van der Waals surface area contributed by atoms with Crippen molar-refractivity contribution < 1.29 is 14.3 Å². The summed E-state index contributed by atoms with van der Waals surface area (Å²) in [7, 11) is 0. The predicted octanol–water partition coefficient (Wildman–Crippen LogP) is 1.36. The molecule has 1 heterocycles. The largest absolute Gasteiger partial charge is 0.396 e. The number of halogens is 1. The van der Waals surface area contributed by atoms with Gasteiger partial charge in [-0.2, -0.15) is 0 Å². The van der Waals surface area contributed by atoms with Crippen LogP contribution in [0.1, 0.15) is 23.2 Å².